The number of ether oxygens (including phenoxy) is 1. The first kappa shape index (κ1) is 80.7. The standard InChI is InChI=1S/C74H131N2O7P/c1-7-10-13-16-19-22-25-28-30-32-34-36-38-40-42-44-46-48-51-54-57-60-63-66-73(77)75-71(70-82-84(79,80)81-69-68-76(4,5)6)72(65-62-59-56-53-50-27-24-21-18-15-12-9-3)83-74(78)67-64-61-58-55-52-49-47-45-43-41-39-37-35-33-31-29-26-23-20-17-14-11-8-2/h19-20,22-23,28-31,34-37,40-43,62,65,71-72H,7-18,21,24-27,32-33,38-39,44-61,63-64,66-70H2,1-6H3,(H-,75,77,79,80)/p+1/b22-19-,23-20-,30-28-,31-29-,36-34-,37-35-,42-40-,43-41-,65-62+. The molecule has 0 saturated heterocycles. The third-order valence-electron chi connectivity index (χ3n) is 14.9. The van der Waals surface area contributed by atoms with Crippen molar-refractivity contribution in [2.75, 3.05) is 40.9 Å². The number of unbranched alkanes of at least 4 members (excludes halogenated alkanes) is 30. The number of amides is 1. The minimum atomic E-state index is -4.47. The summed E-state index contributed by atoms with van der Waals surface area (Å²) in [6, 6.07) is -0.867. The van der Waals surface area contributed by atoms with Crippen molar-refractivity contribution in [3.8, 4) is 0 Å². The first-order chi connectivity index (χ1) is 40.9. The predicted octanol–water partition coefficient (Wildman–Crippen LogP) is 22.1. The Kier molecular flexibility index (Phi) is 60.2. The fourth-order valence-electron chi connectivity index (χ4n) is 9.55. The van der Waals surface area contributed by atoms with Crippen LogP contribution in [0.1, 0.15) is 297 Å². The molecule has 0 bridgehead atoms. The molecule has 0 aliphatic carbocycles. The van der Waals surface area contributed by atoms with E-state index in [0.717, 1.165) is 122 Å². The number of carbonyl (C=O) groups is 2. The van der Waals surface area contributed by atoms with Crippen LogP contribution in [0.15, 0.2) is 109 Å². The number of phosphoric acid groups is 1. The van der Waals surface area contributed by atoms with Gasteiger partial charge in [-0.2, -0.15) is 0 Å². The highest BCUT2D eigenvalue weighted by Crippen LogP contribution is 2.43. The lowest BCUT2D eigenvalue weighted by molar-refractivity contribution is -0.870. The fraction of sp³-hybridized carbons (Fsp3) is 0.730. The van der Waals surface area contributed by atoms with Gasteiger partial charge in [-0.3, -0.25) is 18.6 Å². The topological polar surface area (TPSA) is 111 Å². The highest BCUT2D eigenvalue weighted by Gasteiger charge is 2.30. The molecule has 0 rings (SSSR count). The Labute approximate surface area is 519 Å². The van der Waals surface area contributed by atoms with Crippen LogP contribution in [-0.2, 0) is 27.9 Å². The summed E-state index contributed by atoms with van der Waals surface area (Å²) in [4.78, 5) is 37.9. The van der Waals surface area contributed by atoms with E-state index in [1.165, 1.54) is 141 Å². The number of phosphoric ester groups is 1. The van der Waals surface area contributed by atoms with Gasteiger partial charge in [-0.05, 0) is 122 Å². The molecule has 9 nitrogen and oxygen atoms in total. The Balaban J connectivity index is 5.18. The second-order valence-corrected chi connectivity index (χ2v) is 25.8. The maximum Gasteiger partial charge on any atom is 0.472 e. The summed E-state index contributed by atoms with van der Waals surface area (Å²) in [7, 11) is 1.47. The minimum absolute atomic E-state index is 0.0307. The van der Waals surface area contributed by atoms with E-state index in [4.69, 9.17) is 13.8 Å². The van der Waals surface area contributed by atoms with Gasteiger partial charge >= 0.3 is 13.8 Å². The molecule has 0 fully saturated rings. The van der Waals surface area contributed by atoms with Crippen molar-refractivity contribution in [2.45, 2.75) is 309 Å². The second-order valence-electron chi connectivity index (χ2n) is 24.3. The highest BCUT2D eigenvalue weighted by molar-refractivity contribution is 7.47. The Morgan fingerprint density at radius 2 is 0.726 bits per heavy atom. The van der Waals surface area contributed by atoms with Gasteiger partial charge in [0.15, 0.2) is 0 Å². The number of rotatable bonds is 62. The molecule has 0 heterocycles. The zero-order valence-electron chi connectivity index (χ0n) is 55.4. The molecule has 84 heavy (non-hydrogen) atoms. The molecule has 0 saturated carbocycles. The maximum atomic E-state index is 13.6. The van der Waals surface area contributed by atoms with E-state index in [1.807, 2.05) is 33.3 Å². The van der Waals surface area contributed by atoms with Crippen LogP contribution < -0.4 is 5.32 Å². The van der Waals surface area contributed by atoms with E-state index in [0.29, 0.717) is 17.4 Å². The summed E-state index contributed by atoms with van der Waals surface area (Å²) < 4.78 is 30.8. The van der Waals surface area contributed by atoms with Gasteiger partial charge in [0.05, 0.1) is 33.8 Å². The van der Waals surface area contributed by atoms with Gasteiger partial charge in [-0.25, -0.2) is 4.57 Å². The smallest absolute Gasteiger partial charge is 0.456 e. The van der Waals surface area contributed by atoms with Gasteiger partial charge in [-0.15, -0.1) is 0 Å². The first-order valence-corrected chi connectivity index (χ1v) is 36.2. The molecule has 0 spiro atoms. The number of allylic oxidation sites excluding steroid dienone is 17. The van der Waals surface area contributed by atoms with E-state index in [2.05, 4.69) is 123 Å². The van der Waals surface area contributed by atoms with Gasteiger partial charge in [0.1, 0.15) is 19.3 Å². The zero-order chi connectivity index (χ0) is 61.4. The lowest BCUT2D eigenvalue weighted by Gasteiger charge is -2.27. The molecule has 0 aromatic carbocycles. The Morgan fingerprint density at radius 3 is 1.11 bits per heavy atom. The third-order valence-corrected chi connectivity index (χ3v) is 15.9. The van der Waals surface area contributed by atoms with E-state index in [-0.39, 0.29) is 31.5 Å². The van der Waals surface area contributed by atoms with Crippen LogP contribution in [0.25, 0.3) is 0 Å². The van der Waals surface area contributed by atoms with E-state index in [1.54, 1.807) is 0 Å². The highest BCUT2D eigenvalue weighted by atomic mass is 31.2. The number of hydrogen-bond acceptors (Lipinski definition) is 6. The molecule has 3 atom stereocenters. The molecule has 2 N–H and O–H groups in total. The van der Waals surface area contributed by atoms with Gasteiger partial charge in [0.25, 0.3) is 0 Å². The average molecular weight is 1190 g/mol. The van der Waals surface area contributed by atoms with Crippen LogP contribution in [0.5, 0.6) is 0 Å². The van der Waals surface area contributed by atoms with Crippen LogP contribution in [0.3, 0.4) is 0 Å². The summed E-state index contributed by atoms with van der Waals surface area (Å²) in [6.07, 6.45) is 86.6. The van der Waals surface area contributed by atoms with Crippen molar-refractivity contribution in [1.82, 2.24) is 5.32 Å². The largest absolute Gasteiger partial charge is 0.472 e. The molecule has 3 unspecified atom stereocenters. The number of likely N-dealkylation sites (N-methyl/N-ethyl adjacent to an activating group) is 1. The quantitative estimate of drug-likeness (QED) is 0.0205. The number of carbonyl (C=O) groups excluding carboxylic acids is 2. The summed E-state index contributed by atoms with van der Waals surface area (Å²) >= 11 is 0. The molecule has 0 aliphatic rings. The Hall–Kier alpha value is -3.33. The molecular weight excluding hydrogens is 1060 g/mol. The molecule has 10 heteroatoms. The SMILES string of the molecule is CCCCC/C=C\C/C=C\C/C=C\C/C=C\CCCCCCCCCC(=O)NC(COP(=O)(O)OCC[N+](C)(C)C)C(/C=C/CCCCCCCCCCCC)OC(=O)CCCCCCCCC/C=C\C/C=C\C/C=C\C/C=C\CCCCC. The van der Waals surface area contributed by atoms with Gasteiger partial charge in [-0.1, -0.05) is 272 Å². The summed E-state index contributed by atoms with van der Waals surface area (Å²) in [5.41, 5.74) is 0. The Bertz CT molecular complexity index is 1810. The minimum Gasteiger partial charge on any atom is -0.456 e. The predicted molar refractivity (Wildman–Crippen MR) is 364 cm³/mol. The van der Waals surface area contributed by atoms with Crippen molar-refractivity contribution in [1.29, 1.82) is 0 Å². The van der Waals surface area contributed by atoms with Crippen molar-refractivity contribution >= 4 is 19.7 Å². The van der Waals surface area contributed by atoms with Crippen molar-refractivity contribution in [3.63, 3.8) is 0 Å². The van der Waals surface area contributed by atoms with Gasteiger partial charge in [0, 0.05) is 12.8 Å². The number of nitrogens with one attached hydrogen (secondary N) is 1. The third kappa shape index (κ3) is 63.2. The van der Waals surface area contributed by atoms with Crippen LogP contribution in [0.4, 0.5) is 0 Å². The van der Waals surface area contributed by atoms with E-state index in [9.17, 15) is 19.0 Å². The second kappa shape index (κ2) is 62.7. The van der Waals surface area contributed by atoms with Crippen LogP contribution in [0.2, 0.25) is 0 Å². The molecule has 484 valence electrons. The maximum absolute atomic E-state index is 13.6. The van der Waals surface area contributed by atoms with Crippen LogP contribution >= 0.6 is 7.82 Å². The molecular formula is C74H132N2O7P+. The average Bonchev–Trinajstić information content (AvgIpc) is 3.64. The van der Waals surface area contributed by atoms with Gasteiger partial charge in [0.2, 0.25) is 5.91 Å². The van der Waals surface area contributed by atoms with E-state index < -0.39 is 20.0 Å². The molecule has 1 amide bonds. The molecule has 0 radical (unpaired) electrons. The number of quaternary nitrogens is 1. The van der Waals surface area contributed by atoms with Crippen LogP contribution in [0, 0.1) is 0 Å². The molecule has 0 aromatic heterocycles. The normalized spacial score (nSPS) is 14.2. The monoisotopic (exact) mass is 1190 g/mol. The number of nitrogens with zero attached hydrogens (tertiary/aromatic N) is 1. The lowest BCUT2D eigenvalue weighted by atomic mass is 10.0. The zero-order valence-corrected chi connectivity index (χ0v) is 56.3. The van der Waals surface area contributed by atoms with E-state index >= 15 is 0 Å². The lowest BCUT2D eigenvalue weighted by Crippen LogP contribution is -2.47. The Morgan fingerprint density at radius 1 is 0.417 bits per heavy atom. The van der Waals surface area contributed by atoms with Crippen molar-refractivity contribution < 1.29 is 37.3 Å². The molecule has 0 aliphatic heterocycles. The first-order valence-electron chi connectivity index (χ1n) is 34.7. The fourth-order valence-corrected chi connectivity index (χ4v) is 10.3. The van der Waals surface area contributed by atoms with Gasteiger partial charge < -0.3 is 19.4 Å². The molecule has 0 aromatic rings. The number of esters is 1. The van der Waals surface area contributed by atoms with Crippen LogP contribution in [-0.4, -0.2) is 74.3 Å². The summed E-state index contributed by atoms with van der Waals surface area (Å²) in [5.74, 6) is -0.530. The van der Waals surface area contributed by atoms with Crippen molar-refractivity contribution in [3.05, 3.63) is 109 Å². The summed E-state index contributed by atoms with van der Waals surface area (Å²) in [6.45, 7) is 6.95. The van der Waals surface area contributed by atoms with Crippen molar-refractivity contribution in [2.24, 2.45) is 0 Å². The number of hydrogen-bond donors (Lipinski definition) is 2. The summed E-state index contributed by atoms with van der Waals surface area (Å²) in [5, 5.41) is 3.06.